The molecule has 0 bridgehead atoms. The topological polar surface area (TPSA) is 30.3 Å². The van der Waals surface area contributed by atoms with Crippen molar-refractivity contribution in [2.24, 2.45) is 0 Å². The fourth-order valence-electron chi connectivity index (χ4n) is 2.90. The molecule has 1 aliphatic heterocycles. The Bertz CT molecular complexity index is 576. The molecule has 0 fully saturated rings. The van der Waals surface area contributed by atoms with Crippen molar-refractivity contribution in [3.8, 4) is 0 Å². The van der Waals surface area contributed by atoms with E-state index in [9.17, 15) is 0 Å². The highest BCUT2D eigenvalue weighted by Crippen LogP contribution is 2.31. The number of hydrogen-bond acceptors (Lipinski definition) is 3. The fourth-order valence-corrected chi connectivity index (χ4v) is 2.90. The van der Waals surface area contributed by atoms with E-state index in [-0.39, 0.29) is 6.10 Å². The van der Waals surface area contributed by atoms with Gasteiger partial charge in [0.15, 0.2) is 0 Å². The van der Waals surface area contributed by atoms with E-state index in [0.29, 0.717) is 0 Å². The summed E-state index contributed by atoms with van der Waals surface area (Å²) in [6.07, 6.45) is 3.50. The zero-order chi connectivity index (χ0) is 13.9. The number of benzene rings is 1. The Morgan fingerprint density at radius 3 is 3.05 bits per heavy atom. The minimum Gasteiger partial charge on any atom is -0.370 e. The molecule has 4 nitrogen and oxygen atoms in total. The maximum absolute atomic E-state index is 6.08. The van der Waals surface area contributed by atoms with E-state index in [1.165, 1.54) is 11.9 Å². The first kappa shape index (κ1) is 13.6. The van der Waals surface area contributed by atoms with Gasteiger partial charge in [0.1, 0.15) is 11.9 Å². The monoisotopic (exact) mass is 273 g/mol. The van der Waals surface area contributed by atoms with Gasteiger partial charge >= 0.3 is 0 Å². The largest absolute Gasteiger partial charge is 0.370 e. The smallest absolute Gasteiger partial charge is 0.139 e. The quantitative estimate of drug-likeness (QED) is 0.785. The van der Waals surface area contributed by atoms with E-state index in [1.54, 1.807) is 0 Å². The number of aryl methyl sites for hydroxylation is 1. The molecule has 1 atom stereocenters. The lowest BCUT2D eigenvalue weighted by atomic mass is 10.1. The van der Waals surface area contributed by atoms with Crippen molar-refractivity contribution >= 4 is 11.0 Å². The maximum Gasteiger partial charge on any atom is 0.139 e. The number of fused-ring (bicyclic) bond motifs is 3. The predicted octanol–water partition coefficient (Wildman–Crippen LogP) is 2.84. The van der Waals surface area contributed by atoms with Gasteiger partial charge in [-0.15, -0.1) is 0 Å². The number of imidazole rings is 1. The standard InChI is InChI=1S/C16H23N3O/c1-18(2)10-6-12-20-15-9-5-11-19-14-8-4-3-7-13(14)17-16(15)19/h3-4,7-8,15H,5-6,9-12H2,1-2H3. The molecule has 0 saturated carbocycles. The summed E-state index contributed by atoms with van der Waals surface area (Å²) in [5, 5.41) is 0. The van der Waals surface area contributed by atoms with Crippen LogP contribution in [0.25, 0.3) is 11.0 Å². The molecule has 20 heavy (non-hydrogen) atoms. The summed E-state index contributed by atoms with van der Waals surface area (Å²) >= 11 is 0. The van der Waals surface area contributed by atoms with Gasteiger partial charge in [0, 0.05) is 13.2 Å². The summed E-state index contributed by atoms with van der Waals surface area (Å²) in [7, 11) is 4.19. The van der Waals surface area contributed by atoms with Crippen LogP contribution >= 0.6 is 0 Å². The molecule has 1 aromatic heterocycles. The Morgan fingerprint density at radius 2 is 2.20 bits per heavy atom. The molecule has 0 aliphatic carbocycles. The summed E-state index contributed by atoms with van der Waals surface area (Å²) in [6.45, 7) is 2.95. The number of hydrogen-bond donors (Lipinski definition) is 0. The van der Waals surface area contributed by atoms with Gasteiger partial charge in [-0.2, -0.15) is 0 Å². The average Bonchev–Trinajstić information content (AvgIpc) is 2.83. The summed E-state index contributed by atoms with van der Waals surface area (Å²) in [5.74, 6) is 1.11. The second-order valence-corrected chi connectivity index (χ2v) is 5.77. The van der Waals surface area contributed by atoms with E-state index in [1.807, 2.05) is 6.07 Å². The molecule has 0 radical (unpaired) electrons. The van der Waals surface area contributed by atoms with Crippen molar-refractivity contribution in [1.82, 2.24) is 14.5 Å². The number of ether oxygens (including phenoxy) is 1. The van der Waals surface area contributed by atoms with Crippen LogP contribution in [0.4, 0.5) is 0 Å². The highest BCUT2D eigenvalue weighted by atomic mass is 16.5. The Morgan fingerprint density at radius 1 is 1.35 bits per heavy atom. The normalized spacial score (nSPS) is 18.6. The Balaban J connectivity index is 1.73. The second-order valence-electron chi connectivity index (χ2n) is 5.77. The van der Waals surface area contributed by atoms with Gasteiger partial charge in [-0.3, -0.25) is 0 Å². The van der Waals surface area contributed by atoms with Gasteiger partial charge in [-0.1, -0.05) is 12.1 Å². The molecule has 0 N–H and O–H groups in total. The first-order valence-corrected chi connectivity index (χ1v) is 7.47. The number of rotatable bonds is 5. The van der Waals surface area contributed by atoms with Gasteiger partial charge in [0.25, 0.3) is 0 Å². The van der Waals surface area contributed by atoms with Crippen molar-refractivity contribution in [3.05, 3.63) is 30.1 Å². The van der Waals surface area contributed by atoms with E-state index >= 15 is 0 Å². The van der Waals surface area contributed by atoms with E-state index < -0.39 is 0 Å². The van der Waals surface area contributed by atoms with E-state index in [4.69, 9.17) is 9.72 Å². The number of para-hydroxylation sites is 2. The molecular weight excluding hydrogens is 250 g/mol. The van der Waals surface area contributed by atoms with Crippen molar-refractivity contribution in [3.63, 3.8) is 0 Å². The van der Waals surface area contributed by atoms with E-state index in [2.05, 4.69) is 41.8 Å². The van der Waals surface area contributed by atoms with Crippen LogP contribution in [0.1, 0.15) is 31.2 Å². The van der Waals surface area contributed by atoms with Crippen LogP contribution in [0.3, 0.4) is 0 Å². The zero-order valence-electron chi connectivity index (χ0n) is 12.4. The van der Waals surface area contributed by atoms with Crippen LogP contribution in [-0.2, 0) is 11.3 Å². The lowest BCUT2D eigenvalue weighted by Gasteiger charge is -2.24. The maximum atomic E-state index is 6.08. The van der Waals surface area contributed by atoms with Gasteiger partial charge in [-0.25, -0.2) is 4.98 Å². The fraction of sp³-hybridized carbons (Fsp3) is 0.562. The molecule has 1 aliphatic rings. The van der Waals surface area contributed by atoms with Crippen LogP contribution in [0.2, 0.25) is 0 Å². The molecule has 0 spiro atoms. The highest BCUT2D eigenvalue weighted by Gasteiger charge is 2.24. The summed E-state index contributed by atoms with van der Waals surface area (Å²) in [5.41, 5.74) is 2.33. The molecule has 2 heterocycles. The minimum atomic E-state index is 0.165. The van der Waals surface area contributed by atoms with Gasteiger partial charge in [0.05, 0.1) is 11.0 Å². The summed E-state index contributed by atoms with van der Waals surface area (Å²) < 4.78 is 8.41. The molecule has 0 amide bonds. The first-order valence-electron chi connectivity index (χ1n) is 7.47. The van der Waals surface area contributed by atoms with Gasteiger partial charge in [-0.05, 0) is 52.0 Å². The van der Waals surface area contributed by atoms with Gasteiger partial charge < -0.3 is 14.2 Å². The Kier molecular flexibility index (Phi) is 4.03. The minimum absolute atomic E-state index is 0.165. The molecule has 3 rings (SSSR count). The highest BCUT2D eigenvalue weighted by molar-refractivity contribution is 5.76. The average molecular weight is 273 g/mol. The van der Waals surface area contributed by atoms with Crippen LogP contribution in [-0.4, -0.2) is 41.7 Å². The third-order valence-corrected chi connectivity index (χ3v) is 3.89. The van der Waals surface area contributed by atoms with Crippen LogP contribution in [0.15, 0.2) is 24.3 Å². The third kappa shape index (κ3) is 2.72. The molecule has 108 valence electrons. The molecule has 1 aromatic carbocycles. The number of nitrogens with zero attached hydrogens (tertiary/aromatic N) is 3. The Labute approximate surface area is 120 Å². The molecule has 0 saturated heterocycles. The van der Waals surface area contributed by atoms with Crippen LogP contribution < -0.4 is 0 Å². The zero-order valence-corrected chi connectivity index (χ0v) is 12.4. The van der Waals surface area contributed by atoms with Crippen molar-refractivity contribution in [2.45, 2.75) is 31.9 Å². The lowest BCUT2D eigenvalue weighted by Crippen LogP contribution is -2.20. The van der Waals surface area contributed by atoms with Crippen molar-refractivity contribution < 1.29 is 4.74 Å². The van der Waals surface area contributed by atoms with Gasteiger partial charge in [0.2, 0.25) is 0 Å². The molecule has 4 heteroatoms. The lowest BCUT2D eigenvalue weighted by molar-refractivity contribution is 0.0250. The first-order chi connectivity index (χ1) is 9.75. The summed E-state index contributed by atoms with van der Waals surface area (Å²) in [4.78, 5) is 6.97. The van der Waals surface area contributed by atoms with Crippen LogP contribution in [0, 0.1) is 0 Å². The third-order valence-electron chi connectivity index (χ3n) is 3.89. The van der Waals surface area contributed by atoms with E-state index in [0.717, 1.165) is 43.9 Å². The summed E-state index contributed by atoms with van der Waals surface area (Å²) in [6, 6.07) is 8.37. The van der Waals surface area contributed by atoms with Crippen molar-refractivity contribution in [2.75, 3.05) is 27.2 Å². The molecular formula is C16H23N3O. The Hall–Kier alpha value is -1.39. The van der Waals surface area contributed by atoms with Crippen LogP contribution in [0.5, 0.6) is 0 Å². The second kappa shape index (κ2) is 5.94. The van der Waals surface area contributed by atoms with Crippen molar-refractivity contribution in [1.29, 1.82) is 0 Å². The predicted molar refractivity (Wildman–Crippen MR) is 80.8 cm³/mol. The number of aromatic nitrogens is 2. The molecule has 1 unspecified atom stereocenters. The SMILES string of the molecule is CN(C)CCCOC1CCCn2c1nc1ccccc12. The molecule has 2 aromatic rings.